The van der Waals surface area contributed by atoms with E-state index in [4.69, 9.17) is 9.73 Å². The van der Waals surface area contributed by atoms with E-state index in [-0.39, 0.29) is 35.2 Å². The minimum atomic E-state index is -0.973. The Morgan fingerprint density at radius 3 is 2.22 bits per heavy atom. The molecule has 0 spiro atoms. The molecule has 0 bridgehead atoms. The van der Waals surface area contributed by atoms with Gasteiger partial charge in [0.2, 0.25) is 0 Å². The van der Waals surface area contributed by atoms with Crippen molar-refractivity contribution in [1.29, 1.82) is 0 Å². The van der Waals surface area contributed by atoms with E-state index in [1.165, 1.54) is 63.9 Å². The summed E-state index contributed by atoms with van der Waals surface area (Å²) in [6, 6.07) is 0. The summed E-state index contributed by atoms with van der Waals surface area (Å²) in [4.78, 5) is 16.9. The number of fused-ring (bicyclic) bond motifs is 5. The van der Waals surface area contributed by atoms with Gasteiger partial charge < -0.3 is 20.1 Å². The maximum atomic E-state index is 12.5. The van der Waals surface area contributed by atoms with Crippen LogP contribution in [-0.4, -0.2) is 57.5 Å². The topological polar surface area (TPSA) is 99.4 Å². The quantitative estimate of drug-likeness (QED) is 0.130. The van der Waals surface area contributed by atoms with Crippen LogP contribution in [0.1, 0.15) is 136 Å². The van der Waals surface area contributed by atoms with Gasteiger partial charge in [-0.2, -0.15) is 0 Å². The van der Waals surface area contributed by atoms with Crippen LogP contribution in [0.15, 0.2) is 17.1 Å². The fourth-order valence-corrected chi connectivity index (χ4v) is 10.3. The van der Waals surface area contributed by atoms with Crippen molar-refractivity contribution in [3.8, 4) is 0 Å². The maximum absolute atomic E-state index is 12.5. The summed E-state index contributed by atoms with van der Waals surface area (Å²) in [6.07, 6.45) is 24.3. The van der Waals surface area contributed by atoms with Crippen molar-refractivity contribution in [2.45, 2.75) is 159 Å². The molecule has 0 radical (unpaired) electrons. The van der Waals surface area contributed by atoms with Crippen LogP contribution in [0.3, 0.4) is 0 Å². The number of cyclic esters (lactones) is 1. The van der Waals surface area contributed by atoms with Crippen molar-refractivity contribution < 1.29 is 24.9 Å². The normalized spacial score (nSPS) is 43.6. The van der Waals surface area contributed by atoms with Crippen LogP contribution < -0.4 is 0 Å². The first-order valence-electron chi connectivity index (χ1n) is 17.2. The number of aliphatic hydroxyl groups excluding tert-OH is 1. The van der Waals surface area contributed by atoms with Gasteiger partial charge in [-0.3, -0.25) is 4.99 Å². The Morgan fingerprint density at radius 2 is 1.54 bits per heavy atom. The summed E-state index contributed by atoms with van der Waals surface area (Å²) >= 11 is 0. The van der Waals surface area contributed by atoms with Gasteiger partial charge in [0.1, 0.15) is 6.10 Å². The Hall–Kier alpha value is -1.24. The second kappa shape index (κ2) is 12.8. The number of carbonyl (C=O) groups is 1. The van der Waals surface area contributed by atoms with Gasteiger partial charge in [0.25, 0.3) is 0 Å². The van der Waals surface area contributed by atoms with E-state index in [9.17, 15) is 20.1 Å². The van der Waals surface area contributed by atoms with Gasteiger partial charge in [-0.25, -0.2) is 4.79 Å². The van der Waals surface area contributed by atoms with Crippen molar-refractivity contribution in [2.75, 3.05) is 6.54 Å². The first-order valence-corrected chi connectivity index (χ1v) is 17.2. The molecule has 4 fully saturated rings. The minimum Gasteiger partial charge on any atom is -0.455 e. The molecule has 6 nitrogen and oxygen atoms in total. The Bertz CT molecular complexity index is 966. The van der Waals surface area contributed by atoms with Gasteiger partial charge in [-0.1, -0.05) is 71.6 Å². The summed E-state index contributed by atoms with van der Waals surface area (Å²) in [6.45, 7) is 5.27. The number of rotatable bonds is 13. The summed E-state index contributed by atoms with van der Waals surface area (Å²) in [5.74, 6) is 0.0604. The van der Waals surface area contributed by atoms with E-state index < -0.39 is 22.7 Å². The van der Waals surface area contributed by atoms with Crippen LogP contribution in [0.2, 0.25) is 0 Å². The lowest BCUT2D eigenvalue weighted by Crippen LogP contribution is -2.69. The number of esters is 1. The third-order valence-corrected chi connectivity index (χ3v) is 12.6. The zero-order chi connectivity index (χ0) is 29.1. The molecular weight excluding hydrogens is 514 g/mol. The predicted octanol–water partition coefficient (Wildman–Crippen LogP) is 6.69. The van der Waals surface area contributed by atoms with Crippen LogP contribution in [0.25, 0.3) is 0 Å². The van der Waals surface area contributed by atoms with Crippen molar-refractivity contribution >= 4 is 12.2 Å². The Balaban J connectivity index is 1.24. The van der Waals surface area contributed by atoms with Crippen LogP contribution in [0, 0.1) is 28.6 Å². The Kier molecular flexibility index (Phi) is 9.72. The SMILES string of the molecule is CCCCCCCCCCCCN=C[C@]12CC[C@H](O)C[C@]1(O)CC[C@@H]1[C@@H]2CC[C@]2(C)[C@H]([C@H]3C=CC(=O)O3)CC[C@]12O. The molecule has 3 N–H and O–H groups in total. The average Bonchev–Trinajstić information content (AvgIpc) is 3.49. The van der Waals surface area contributed by atoms with Crippen LogP contribution in [0.5, 0.6) is 0 Å². The summed E-state index contributed by atoms with van der Waals surface area (Å²) in [5, 5.41) is 35.3. The highest BCUT2D eigenvalue weighted by Crippen LogP contribution is 2.70. The molecule has 41 heavy (non-hydrogen) atoms. The Morgan fingerprint density at radius 1 is 0.878 bits per heavy atom. The summed E-state index contributed by atoms with van der Waals surface area (Å²) in [5.41, 5.74) is -2.65. The zero-order valence-corrected chi connectivity index (χ0v) is 25.9. The molecule has 0 aromatic carbocycles. The molecule has 232 valence electrons. The van der Waals surface area contributed by atoms with Crippen LogP contribution >= 0.6 is 0 Å². The third-order valence-electron chi connectivity index (χ3n) is 12.6. The molecule has 9 atom stereocenters. The summed E-state index contributed by atoms with van der Waals surface area (Å²) < 4.78 is 5.65. The van der Waals surface area contributed by atoms with Crippen LogP contribution in [0.4, 0.5) is 0 Å². The molecule has 0 unspecified atom stereocenters. The Labute approximate surface area is 248 Å². The smallest absolute Gasteiger partial charge is 0.331 e. The lowest BCUT2D eigenvalue weighted by Gasteiger charge is -2.65. The number of aliphatic imine (C=N–C) groups is 1. The molecule has 4 saturated carbocycles. The second-order valence-electron chi connectivity index (χ2n) is 14.7. The van der Waals surface area contributed by atoms with E-state index >= 15 is 0 Å². The fraction of sp³-hybridized carbons (Fsp3) is 0.886. The average molecular weight is 572 g/mol. The summed E-state index contributed by atoms with van der Waals surface area (Å²) in [7, 11) is 0. The van der Waals surface area contributed by atoms with Crippen molar-refractivity contribution in [3.63, 3.8) is 0 Å². The first-order chi connectivity index (χ1) is 19.7. The lowest BCUT2D eigenvalue weighted by atomic mass is 9.41. The van der Waals surface area contributed by atoms with Crippen LogP contribution in [-0.2, 0) is 9.53 Å². The van der Waals surface area contributed by atoms with Crippen molar-refractivity contribution in [2.24, 2.45) is 33.6 Å². The highest BCUT2D eigenvalue weighted by molar-refractivity contribution is 5.84. The number of aliphatic hydroxyl groups is 3. The molecule has 0 saturated heterocycles. The molecule has 0 aromatic rings. The standard InChI is InChI=1S/C35H57NO5/c1-3-4-5-6-7-8-9-10-11-12-23-36-25-33-20-15-26(37)24-34(33,39)21-17-28-27(33)16-19-32(2)29(18-22-35(28,32)40)30-13-14-31(38)41-30/h13-14,25-30,37,39-40H,3-12,15-24H2,1-2H3/t26-,27-,28+,29-,30+,32+,33-,34+,35-/m0/s1. The van der Waals surface area contributed by atoms with E-state index in [0.717, 1.165) is 45.1 Å². The minimum absolute atomic E-state index is 0.0756. The molecule has 5 rings (SSSR count). The van der Waals surface area contributed by atoms with Gasteiger partial charge >= 0.3 is 5.97 Å². The molecule has 5 aliphatic rings. The number of hydrogen-bond acceptors (Lipinski definition) is 6. The largest absolute Gasteiger partial charge is 0.455 e. The second-order valence-corrected chi connectivity index (χ2v) is 14.7. The van der Waals surface area contributed by atoms with Gasteiger partial charge in [-0.05, 0) is 75.7 Å². The number of carbonyl (C=O) groups excluding carboxylic acids is 1. The number of unbranched alkanes of at least 4 members (excludes halogenated alkanes) is 9. The molecule has 1 heterocycles. The first kappa shape index (κ1) is 31.2. The van der Waals surface area contributed by atoms with E-state index in [1.807, 2.05) is 6.08 Å². The highest BCUT2D eigenvalue weighted by atomic mass is 16.5. The maximum Gasteiger partial charge on any atom is 0.331 e. The van der Waals surface area contributed by atoms with E-state index in [0.29, 0.717) is 25.7 Å². The monoisotopic (exact) mass is 571 g/mol. The van der Waals surface area contributed by atoms with E-state index in [2.05, 4.69) is 20.1 Å². The predicted molar refractivity (Wildman–Crippen MR) is 163 cm³/mol. The van der Waals surface area contributed by atoms with Crippen molar-refractivity contribution in [1.82, 2.24) is 0 Å². The molecule has 4 aliphatic carbocycles. The highest BCUT2D eigenvalue weighted by Gasteiger charge is 2.71. The zero-order valence-electron chi connectivity index (χ0n) is 25.9. The molecule has 1 aliphatic heterocycles. The number of hydrogen-bond donors (Lipinski definition) is 3. The molecule has 0 aromatic heterocycles. The third kappa shape index (κ3) is 5.71. The van der Waals surface area contributed by atoms with Gasteiger partial charge in [0.05, 0.1) is 17.3 Å². The van der Waals surface area contributed by atoms with Gasteiger partial charge in [-0.15, -0.1) is 0 Å². The van der Waals surface area contributed by atoms with Gasteiger partial charge in [0.15, 0.2) is 0 Å². The number of nitrogens with zero attached hydrogens (tertiary/aromatic N) is 1. The molecular formula is C35H57NO5. The van der Waals surface area contributed by atoms with Crippen molar-refractivity contribution in [3.05, 3.63) is 12.2 Å². The number of ether oxygens (including phenoxy) is 1. The van der Waals surface area contributed by atoms with E-state index in [1.54, 1.807) is 0 Å². The fourth-order valence-electron chi connectivity index (χ4n) is 10.3. The van der Waals surface area contributed by atoms with Gasteiger partial charge in [0, 0.05) is 42.0 Å². The lowest BCUT2D eigenvalue weighted by molar-refractivity contribution is -0.241. The molecule has 0 amide bonds. The molecule has 6 heteroatoms.